The summed E-state index contributed by atoms with van der Waals surface area (Å²) in [4.78, 5) is 37.3. The molecule has 0 spiro atoms. The van der Waals surface area contributed by atoms with Crippen molar-refractivity contribution in [1.29, 1.82) is 0 Å². The van der Waals surface area contributed by atoms with E-state index in [4.69, 9.17) is 14.2 Å². The summed E-state index contributed by atoms with van der Waals surface area (Å²) in [5.74, 6) is 114. The monoisotopic (exact) mass is 933 g/mol. The number of ether oxygens (including phenoxy) is 3. The lowest BCUT2D eigenvalue weighted by Gasteiger charge is -2.30. The molecule has 0 bridgehead atoms. The summed E-state index contributed by atoms with van der Waals surface area (Å²) in [5, 5.41) is 0. The molecule has 6 heteroatoms. The SMILES string of the molecule is CC#CC#CC#CC#CC#CC#CC#CC#CC(=O)OCC(CC)(COC(=O)C#CC#CC#CC#CC#CC#CC#CC#CC)COC(=O)C#CC#CC#CC#CC#CC#CC#CC#CC.[HH].[HH].[HH].[HH].[HH].[HH].[HH].[HH].[HH].[HH].[HH].[HH].[HH].[HH].[HH].[HH].[HH].[HH].[HH].[HH].[HH].[HH].[HH].[HH].[HH].[HH].[HH].[HH].[HH].[HH].[HH].[HH].[HH].[HH].[HH].[HH].[HH].[HH].[HH].[HH].[HH].[HH].[HH].[HH].[HH].[HH].[HH].[HH]. The predicted molar refractivity (Wildman–Crippen MR) is 351 cm³/mol. The quantitative estimate of drug-likeness (QED) is 0.110. The van der Waals surface area contributed by atoms with Crippen molar-refractivity contribution in [2.45, 2.75) is 34.1 Å². The molecular formula is C60H116O6. The summed E-state index contributed by atoms with van der Waals surface area (Å²) >= 11 is 0. The normalized spacial score (nSPS) is 5.82. The van der Waals surface area contributed by atoms with Gasteiger partial charge in [0.15, 0.2) is 0 Å². The average molecular weight is 934 g/mol. The lowest BCUT2D eigenvalue weighted by molar-refractivity contribution is -0.154. The maximum absolute atomic E-state index is 12.4. The van der Waals surface area contributed by atoms with E-state index in [0.717, 1.165) is 0 Å². The van der Waals surface area contributed by atoms with Crippen LogP contribution < -0.4 is 0 Å². The van der Waals surface area contributed by atoms with Crippen molar-refractivity contribution in [3.63, 3.8) is 0 Å². The zero-order valence-corrected chi connectivity index (χ0v) is 35.3. The van der Waals surface area contributed by atoms with Gasteiger partial charge in [0, 0.05) is 86.2 Å². The number of rotatable bonds is 7. The molecule has 0 rings (SSSR count). The molecule has 0 saturated carbocycles. The van der Waals surface area contributed by atoms with Crippen molar-refractivity contribution < 1.29 is 97.1 Å². The second-order valence-electron chi connectivity index (χ2n) is 9.96. The fourth-order valence-corrected chi connectivity index (χ4v) is 2.75. The molecule has 0 aromatic heterocycles. The molecule has 0 atom stereocenters. The molecule has 0 saturated heterocycles. The molecule has 0 heterocycles. The number of hydrogen-bond donors (Lipinski definition) is 0. The molecule has 0 aromatic rings. The van der Waals surface area contributed by atoms with E-state index in [1.807, 2.05) is 0 Å². The van der Waals surface area contributed by atoms with Crippen LogP contribution in [0.25, 0.3) is 0 Å². The van der Waals surface area contributed by atoms with Crippen LogP contribution >= 0.6 is 0 Å². The van der Waals surface area contributed by atoms with E-state index in [9.17, 15) is 14.4 Å². The van der Waals surface area contributed by atoms with E-state index < -0.39 is 43.1 Å². The number of carbonyl (C=O) groups is 3. The van der Waals surface area contributed by atoms with Gasteiger partial charge in [-0.2, -0.15) is 0 Å². The van der Waals surface area contributed by atoms with Crippen molar-refractivity contribution in [1.82, 2.24) is 0 Å². The Kier molecular flexibility index (Phi) is 34.6. The molecule has 0 N–H and O–H groups in total. The van der Waals surface area contributed by atoms with Gasteiger partial charge in [-0.15, -0.1) is 0 Å². The van der Waals surface area contributed by atoms with E-state index >= 15 is 0 Å². The summed E-state index contributed by atoms with van der Waals surface area (Å²) in [7, 11) is 0. The highest BCUT2D eigenvalue weighted by Crippen LogP contribution is 2.24. The minimum absolute atomic E-state index is 0. The van der Waals surface area contributed by atoms with E-state index in [1.54, 1.807) is 27.7 Å². The smallest absolute Gasteiger partial charge is 0.385 e. The van der Waals surface area contributed by atoms with Crippen LogP contribution in [0.5, 0.6) is 0 Å². The van der Waals surface area contributed by atoms with Gasteiger partial charge in [-0.1, -0.05) is 24.7 Å². The molecule has 0 aliphatic rings. The van der Waals surface area contributed by atoms with Crippen LogP contribution in [-0.2, 0) is 28.6 Å². The first-order chi connectivity index (χ1) is 32.4. The van der Waals surface area contributed by atoms with Crippen molar-refractivity contribution >= 4 is 17.9 Å². The summed E-state index contributed by atoms with van der Waals surface area (Å²) in [6.45, 7) is 5.44. The summed E-state index contributed by atoms with van der Waals surface area (Å²) < 4.78 is 15.8. The molecule has 0 aliphatic carbocycles. The number of carbonyl (C=O) groups excluding carboxylic acids is 3. The molecule has 6 nitrogen and oxygen atoms in total. The van der Waals surface area contributed by atoms with Gasteiger partial charge in [-0.25, -0.2) is 14.4 Å². The highest BCUT2D eigenvalue weighted by molar-refractivity contribution is 5.90. The zero-order chi connectivity index (χ0) is 48.1. The third-order valence-corrected chi connectivity index (χ3v) is 5.58. The molecule has 0 aromatic carbocycles. The first kappa shape index (κ1) is 53.8. The summed E-state index contributed by atoms with van der Waals surface area (Å²) in [6, 6.07) is 0. The summed E-state index contributed by atoms with van der Waals surface area (Å²) in [6.07, 6.45) is 0.177. The van der Waals surface area contributed by atoms with Crippen molar-refractivity contribution in [2.75, 3.05) is 19.8 Å². The van der Waals surface area contributed by atoms with Crippen molar-refractivity contribution in [3.8, 4) is 284 Å². The Hall–Kier alpha value is -12.2. The second-order valence-corrected chi connectivity index (χ2v) is 9.96. The molecule has 0 fully saturated rings. The Balaban J connectivity index is -0.0000000187. The van der Waals surface area contributed by atoms with Gasteiger partial charge in [0.1, 0.15) is 19.8 Å². The molecule has 66 heavy (non-hydrogen) atoms. The standard InChI is InChI=1S/C60H20O6.48H2/c1-5-9-12-15-18-21-24-27-30-33-36-39-42-45-48-51-57(61)64-54-60(8-4,55-65-58(62)52-49-46-43-40-37-34-31-28-25-22-19-16-13-10-6-2)56-66-59(63)53-50-47-44-41-38-35-32-29-26-23-20-17-14-11-7-3;;;;;;;;;;;;;;;;;;;;;;;;;;;;;;;;;;;;;;;;;;;;;;;;/h8,54-56H2,1-4H3;48*1H. The third-order valence-electron chi connectivity index (χ3n) is 5.58. The molecule has 0 aliphatic heterocycles. The number of hydrogen-bond acceptors (Lipinski definition) is 6. The van der Waals surface area contributed by atoms with Gasteiger partial charge < -0.3 is 14.2 Å². The van der Waals surface area contributed by atoms with E-state index in [1.165, 1.54) is 0 Å². The highest BCUT2D eigenvalue weighted by Gasteiger charge is 2.34. The van der Waals surface area contributed by atoms with Gasteiger partial charge in [-0.3, -0.25) is 0 Å². The van der Waals surface area contributed by atoms with Gasteiger partial charge >= 0.3 is 17.9 Å². The molecule has 392 valence electrons. The van der Waals surface area contributed by atoms with Crippen molar-refractivity contribution in [2.24, 2.45) is 5.41 Å². The lowest BCUT2D eigenvalue weighted by atomic mass is 9.88. The van der Waals surface area contributed by atoms with Crippen LogP contribution in [0, 0.1) is 290 Å². The van der Waals surface area contributed by atoms with Crippen LogP contribution in [0.3, 0.4) is 0 Å². The number of esters is 3. The van der Waals surface area contributed by atoms with Crippen LogP contribution in [0.2, 0.25) is 0 Å². The average Bonchev–Trinajstić information content (AvgIpc) is 3.32. The predicted octanol–water partition coefficient (Wildman–Crippen LogP) is 13.0. The molecule has 0 amide bonds. The molecule has 0 radical (unpaired) electrons. The van der Waals surface area contributed by atoms with E-state index in [2.05, 4.69) is 284 Å². The van der Waals surface area contributed by atoms with E-state index in [-0.39, 0.29) is 74.9 Å². The van der Waals surface area contributed by atoms with Gasteiger partial charge in [0.25, 0.3) is 0 Å². The van der Waals surface area contributed by atoms with Crippen molar-refractivity contribution in [3.05, 3.63) is 0 Å². The minimum Gasteiger partial charge on any atom is -0.455 e. The Morgan fingerprint density at radius 1 is 0.288 bits per heavy atom. The van der Waals surface area contributed by atoms with Crippen LogP contribution in [0.4, 0.5) is 0 Å². The largest absolute Gasteiger partial charge is 0.455 e. The Morgan fingerprint density at radius 3 is 0.591 bits per heavy atom. The van der Waals surface area contributed by atoms with Crippen LogP contribution in [-0.4, -0.2) is 37.7 Å². The minimum atomic E-state index is -1.25. The fourth-order valence-electron chi connectivity index (χ4n) is 2.75. The van der Waals surface area contributed by atoms with Crippen LogP contribution in [0.1, 0.15) is 103 Å². The van der Waals surface area contributed by atoms with Crippen LogP contribution in [0.15, 0.2) is 0 Å². The first-order valence-electron chi connectivity index (χ1n) is 17.7. The lowest BCUT2D eigenvalue weighted by Crippen LogP contribution is -2.38. The maximum Gasteiger partial charge on any atom is 0.385 e. The highest BCUT2D eigenvalue weighted by atomic mass is 16.6. The Bertz CT molecular complexity index is 3320. The van der Waals surface area contributed by atoms with E-state index in [0.29, 0.717) is 0 Å². The topological polar surface area (TPSA) is 78.9 Å². The second kappa shape index (κ2) is 42.5. The van der Waals surface area contributed by atoms with Gasteiger partial charge in [0.05, 0.1) is 5.41 Å². The molecular weight excluding hydrogens is 817 g/mol. The fraction of sp³-hybridized carbons (Fsp3) is 0.150. The first-order valence-corrected chi connectivity index (χ1v) is 17.7. The zero-order valence-electron chi connectivity index (χ0n) is 35.3. The maximum atomic E-state index is 12.4. The van der Waals surface area contributed by atoms with Gasteiger partial charge in [0.2, 0.25) is 0 Å². The Morgan fingerprint density at radius 2 is 0.439 bits per heavy atom. The third kappa shape index (κ3) is 37.4. The van der Waals surface area contributed by atoms with Gasteiger partial charge in [-0.05, 0) is 276 Å². The summed E-state index contributed by atoms with van der Waals surface area (Å²) in [5.41, 5.74) is -1.25. The molecule has 0 unspecified atom stereocenters. The Labute approximate surface area is 459 Å².